The first-order valence-electron chi connectivity index (χ1n) is 7.91. The minimum atomic E-state index is 0. The zero-order chi connectivity index (χ0) is 16.7. The van der Waals surface area contributed by atoms with E-state index in [2.05, 4.69) is 47.6 Å². The predicted molar refractivity (Wildman–Crippen MR) is 113 cm³/mol. The van der Waals surface area contributed by atoms with Gasteiger partial charge in [0.1, 0.15) is 5.75 Å². The van der Waals surface area contributed by atoms with E-state index in [-0.39, 0.29) is 24.0 Å². The lowest BCUT2D eigenvalue weighted by Crippen LogP contribution is -2.23. The topological polar surface area (TPSA) is 59.6 Å². The summed E-state index contributed by atoms with van der Waals surface area (Å²) >= 11 is 0. The number of hydrogen-bond acceptors (Lipinski definition) is 2. The van der Waals surface area contributed by atoms with E-state index in [1.165, 1.54) is 11.1 Å². The molecule has 0 heterocycles. The molecule has 0 bridgehead atoms. The predicted octanol–water partition coefficient (Wildman–Crippen LogP) is 4.15. The number of guanidine groups is 1. The minimum Gasteiger partial charge on any atom is -0.496 e. The molecule has 4 nitrogen and oxygen atoms in total. The fourth-order valence-electron chi connectivity index (χ4n) is 2.34. The lowest BCUT2D eigenvalue weighted by atomic mass is 10.1. The van der Waals surface area contributed by atoms with Crippen LogP contribution >= 0.6 is 24.0 Å². The number of ether oxygens (including phenoxy) is 1. The minimum absolute atomic E-state index is 0. The molecule has 0 unspecified atom stereocenters. The molecule has 0 aliphatic heterocycles. The molecule has 0 atom stereocenters. The van der Waals surface area contributed by atoms with Crippen molar-refractivity contribution in [3.05, 3.63) is 59.2 Å². The molecule has 0 radical (unpaired) electrons. The Balaban J connectivity index is 0.00000288. The van der Waals surface area contributed by atoms with Crippen molar-refractivity contribution in [2.75, 3.05) is 19.0 Å². The highest BCUT2D eigenvalue weighted by molar-refractivity contribution is 14.0. The Morgan fingerprint density at radius 1 is 1.12 bits per heavy atom. The Morgan fingerprint density at radius 2 is 1.79 bits per heavy atom. The molecule has 0 aliphatic rings. The summed E-state index contributed by atoms with van der Waals surface area (Å²) in [6.45, 7) is 4.81. The number of benzene rings is 2. The van der Waals surface area contributed by atoms with Crippen LogP contribution in [0, 0.1) is 6.92 Å². The van der Waals surface area contributed by atoms with Crippen LogP contribution in [0.1, 0.15) is 23.6 Å². The number of hydrogen-bond donors (Lipinski definition) is 2. The molecule has 2 aromatic carbocycles. The average Bonchev–Trinajstić information content (AvgIpc) is 2.57. The maximum atomic E-state index is 5.93. The molecule has 5 heteroatoms. The molecule has 0 amide bonds. The van der Waals surface area contributed by atoms with E-state index in [0.29, 0.717) is 12.5 Å². The normalized spacial score (nSPS) is 10.9. The summed E-state index contributed by atoms with van der Waals surface area (Å²) in [5.41, 5.74) is 10.5. The van der Waals surface area contributed by atoms with Crippen LogP contribution in [0.3, 0.4) is 0 Å². The van der Waals surface area contributed by atoms with Crippen molar-refractivity contribution in [3.63, 3.8) is 0 Å². The van der Waals surface area contributed by atoms with Crippen LogP contribution in [-0.2, 0) is 12.8 Å². The quantitative estimate of drug-likeness (QED) is 0.404. The van der Waals surface area contributed by atoms with Gasteiger partial charge in [0.2, 0.25) is 0 Å². The second kappa shape index (κ2) is 10.2. The number of rotatable bonds is 6. The van der Waals surface area contributed by atoms with Crippen molar-refractivity contribution < 1.29 is 4.74 Å². The molecular formula is C19H26IN3O. The Kier molecular flexibility index (Phi) is 8.60. The number of nitrogens with zero attached hydrogens (tertiary/aromatic N) is 1. The number of anilines is 1. The third-order valence-electron chi connectivity index (χ3n) is 3.79. The van der Waals surface area contributed by atoms with Gasteiger partial charge < -0.3 is 15.8 Å². The van der Waals surface area contributed by atoms with E-state index in [1.54, 1.807) is 7.11 Å². The summed E-state index contributed by atoms with van der Waals surface area (Å²) in [5, 5.41) is 3.11. The van der Waals surface area contributed by atoms with Gasteiger partial charge in [-0.2, -0.15) is 0 Å². The molecule has 0 aromatic heterocycles. The van der Waals surface area contributed by atoms with Gasteiger partial charge in [-0.1, -0.05) is 31.2 Å². The molecule has 0 saturated carbocycles. The second-order valence-corrected chi connectivity index (χ2v) is 5.50. The largest absolute Gasteiger partial charge is 0.496 e. The zero-order valence-electron chi connectivity index (χ0n) is 14.5. The first kappa shape index (κ1) is 20.3. The van der Waals surface area contributed by atoms with Crippen LogP contribution in [0.5, 0.6) is 5.75 Å². The molecule has 0 spiro atoms. The Bertz CT molecular complexity index is 669. The van der Waals surface area contributed by atoms with Gasteiger partial charge in [-0.3, -0.25) is 4.99 Å². The molecule has 0 saturated heterocycles. The van der Waals surface area contributed by atoms with E-state index in [4.69, 9.17) is 10.5 Å². The van der Waals surface area contributed by atoms with Gasteiger partial charge in [0, 0.05) is 12.2 Å². The highest BCUT2D eigenvalue weighted by atomic mass is 127. The summed E-state index contributed by atoms with van der Waals surface area (Å²) in [4.78, 5) is 4.38. The molecule has 3 N–H and O–H groups in total. The highest BCUT2D eigenvalue weighted by Gasteiger charge is 2.01. The van der Waals surface area contributed by atoms with E-state index in [9.17, 15) is 0 Å². The molecule has 24 heavy (non-hydrogen) atoms. The zero-order valence-corrected chi connectivity index (χ0v) is 16.8. The fraction of sp³-hybridized carbons (Fsp3) is 0.316. The molecule has 130 valence electrons. The smallest absolute Gasteiger partial charge is 0.193 e. The fourth-order valence-corrected chi connectivity index (χ4v) is 2.34. The SMILES string of the molecule is CCc1ccc(NC(N)=NCCc2ccc(C)c(OC)c2)cc1.I. The summed E-state index contributed by atoms with van der Waals surface area (Å²) in [5.74, 6) is 1.35. The number of nitrogens with one attached hydrogen (secondary N) is 1. The number of aryl methyl sites for hydroxylation is 2. The molecule has 2 aromatic rings. The number of halogens is 1. The molecule has 0 fully saturated rings. The summed E-state index contributed by atoms with van der Waals surface area (Å²) in [6.07, 6.45) is 1.86. The maximum absolute atomic E-state index is 5.93. The molecule has 2 rings (SSSR count). The average molecular weight is 439 g/mol. The highest BCUT2D eigenvalue weighted by Crippen LogP contribution is 2.19. The Hall–Kier alpha value is -1.76. The number of aliphatic imine (C=N–C) groups is 1. The lowest BCUT2D eigenvalue weighted by molar-refractivity contribution is 0.411. The summed E-state index contributed by atoms with van der Waals surface area (Å²) < 4.78 is 5.34. The van der Waals surface area contributed by atoms with Gasteiger partial charge >= 0.3 is 0 Å². The first-order valence-corrected chi connectivity index (χ1v) is 7.91. The van der Waals surface area contributed by atoms with Gasteiger partial charge in [0.25, 0.3) is 0 Å². The van der Waals surface area contributed by atoms with E-state index < -0.39 is 0 Å². The van der Waals surface area contributed by atoms with Crippen LogP contribution in [0.15, 0.2) is 47.5 Å². The van der Waals surface area contributed by atoms with Crippen LogP contribution in [0.2, 0.25) is 0 Å². The number of nitrogens with two attached hydrogens (primary N) is 1. The van der Waals surface area contributed by atoms with Crippen LogP contribution in [0.25, 0.3) is 0 Å². The van der Waals surface area contributed by atoms with Crippen molar-refractivity contribution in [1.29, 1.82) is 0 Å². The third-order valence-corrected chi connectivity index (χ3v) is 3.79. The van der Waals surface area contributed by atoms with Crippen molar-refractivity contribution in [2.45, 2.75) is 26.7 Å². The monoisotopic (exact) mass is 439 g/mol. The van der Waals surface area contributed by atoms with Crippen molar-refractivity contribution >= 4 is 35.6 Å². The standard InChI is InChI=1S/C19H25N3O.HI/c1-4-15-7-9-17(10-8-15)22-19(20)21-12-11-16-6-5-14(2)18(13-16)23-3;/h5-10,13H,4,11-12H2,1-3H3,(H3,20,21,22);1H. The van der Waals surface area contributed by atoms with Crippen molar-refractivity contribution in [3.8, 4) is 5.75 Å². The van der Waals surface area contributed by atoms with Gasteiger partial charge in [0.05, 0.1) is 7.11 Å². The van der Waals surface area contributed by atoms with Crippen LogP contribution in [-0.4, -0.2) is 19.6 Å². The Labute approximate surface area is 161 Å². The van der Waals surface area contributed by atoms with E-state index in [0.717, 1.165) is 29.8 Å². The maximum Gasteiger partial charge on any atom is 0.193 e. The van der Waals surface area contributed by atoms with Gasteiger partial charge in [0.15, 0.2) is 5.96 Å². The Morgan fingerprint density at radius 3 is 2.42 bits per heavy atom. The van der Waals surface area contributed by atoms with Crippen molar-refractivity contribution in [1.82, 2.24) is 0 Å². The summed E-state index contributed by atoms with van der Waals surface area (Å²) in [7, 11) is 1.69. The molecule has 0 aliphatic carbocycles. The van der Waals surface area contributed by atoms with Crippen LogP contribution < -0.4 is 15.8 Å². The van der Waals surface area contributed by atoms with Crippen molar-refractivity contribution in [2.24, 2.45) is 10.7 Å². The first-order chi connectivity index (χ1) is 11.1. The number of methoxy groups -OCH3 is 1. The van der Waals surface area contributed by atoms with Gasteiger partial charge in [-0.05, 0) is 54.7 Å². The van der Waals surface area contributed by atoms with Crippen LogP contribution in [0.4, 0.5) is 5.69 Å². The van der Waals surface area contributed by atoms with E-state index >= 15 is 0 Å². The van der Waals surface area contributed by atoms with Gasteiger partial charge in [-0.25, -0.2) is 0 Å². The lowest BCUT2D eigenvalue weighted by Gasteiger charge is -2.08. The second-order valence-electron chi connectivity index (χ2n) is 5.50. The van der Waals surface area contributed by atoms with Gasteiger partial charge in [-0.15, -0.1) is 24.0 Å². The summed E-state index contributed by atoms with van der Waals surface area (Å²) in [6, 6.07) is 14.4. The molecular weight excluding hydrogens is 413 g/mol. The van der Waals surface area contributed by atoms with E-state index in [1.807, 2.05) is 19.1 Å². The third kappa shape index (κ3) is 6.03.